The minimum atomic E-state index is -0.201. The molecule has 2 aliphatic carbocycles. The van der Waals surface area contributed by atoms with Gasteiger partial charge >= 0.3 is 5.97 Å². The molecule has 98 valence electrons. The lowest BCUT2D eigenvalue weighted by atomic mass is 9.79. The van der Waals surface area contributed by atoms with E-state index in [1.807, 2.05) is 30.3 Å². The van der Waals surface area contributed by atoms with Crippen molar-refractivity contribution in [2.45, 2.75) is 18.9 Å². The van der Waals surface area contributed by atoms with Crippen molar-refractivity contribution in [3.8, 4) is 0 Å². The Morgan fingerprint density at radius 3 is 2.79 bits per heavy atom. The molecule has 1 heterocycles. The molecule has 2 bridgehead atoms. The number of rotatable bonds is 2. The molecule has 1 aromatic rings. The number of hydrogen-bond donors (Lipinski definition) is 1. The van der Waals surface area contributed by atoms with Crippen LogP contribution in [0.1, 0.15) is 12.8 Å². The van der Waals surface area contributed by atoms with Crippen molar-refractivity contribution in [3.63, 3.8) is 0 Å². The fourth-order valence-corrected chi connectivity index (χ4v) is 4.11. The molecule has 3 fully saturated rings. The Bertz CT molecular complexity index is 540. The molecule has 0 spiro atoms. The molecule has 1 N–H and O–H groups in total. The summed E-state index contributed by atoms with van der Waals surface area (Å²) in [6, 6.07) is 9.40. The van der Waals surface area contributed by atoms with Crippen LogP contribution < -0.4 is 5.32 Å². The second-order valence-corrected chi connectivity index (χ2v) is 5.78. The molecule has 0 aromatic heterocycles. The molecule has 0 radical (unpaired) electrons. The van der Waals surface area contributed by atoms with Gasteiger partial charge in [-0.15, -0.1) is 0 Å². The molecule has 1 aliphatic heterocycles. The highest BCUT2D eigenvalue weighted by molar-refractivity contribution is 5.96. The number of fused-ring (bicyclic) bond motifs is 1. The van der Waals surface area contributed by atoms with Crippen molar-refractivity contribution < 1.29 is 14.3 Å². The number of para-hydroxylation sites is 1. The lowest BCUT2D eigenvalue weighted by Gasteiger charge is -2.23. The summed E-state index contributed by atoms with van der Waals surface area (Å²) < 4.78 is 5.35. The second-order valence-electron chi connectivity index (χ2n) is 5.78. The third-order valence-electron chi connectivity index (χ3n) is 4.83. The first-order valence-corrected chi connectivity index (χ1v) is 6.80. The standard InChI is InChI=1S/C15H15NO3/c17-14(16-9-4-2-1-3-5-9)12-8-6-10-11(7-8)19-15(18)13(10)12/h1-5,8,10-13H,6-7H2,(H,16,17)/t8-,10-,11+,12-,13-/m0/s1. The minimum Gasteiger partial charge on any atom is -0.462 e. The van der Waals surface area contributed by atoms with E-state index in [4.69, 9.17) is 4.74 Å². The van der Waals surface area contributed by atoms with Gasteiger partial charge in [-0.05, 0) is 30.9 Å². The zero-order valence-corrected chi connectivity index (χ0v) is 10.4. The Labute approximate surface area is 111 Å². The summed E-state index contributed by atoms with van der Waals surface area (Å²) in [6.45, 7) is 0. The zero-order valence-electron chi connectivity index (χ0n) is 10.4. The van der Waals surface area contributed by atoms with Crippen LogP contribution in [-0.4, -0.2) is 18.0 Å². The van der Waals surface area contributed by atoms with Crippen molar-refractivity contribution in [2.75, 3.05) is 5.32 Å². The number of carbonyl (C=O) groups excluding carboxylic acids is 2. The molecule has 19 heavy (non-hydrogen) atoms. The summed E-state index contributed by atoms with van der Waals surface area (Å²) in [5.41, 5.74) is 0.790. The van der Waals surface area contributed by atoms with Gasteiger partial charge in [0.15, 0.2) is 0 Å². The normalized spacial score (nSPS) is 38.3. The summed E-state index contributed by atoms with van der Waals surface area (Å²) in [5.74, 6) is 0.00677. The van der Waals surface area contributed by atoms with Crippen LogP contribution >= 0.6 is 0 Å². The Balaban J connectivity index is 1.57. The van der Waals surface area contributed by atoms with Gasteiger partial charge in [-0.3, -0.25) is 9.59 Å². The van der Waals surface area contributed by atoms with Crippen LogP contribution in [0, 0.1) is 23.7 Å². The van der Waals surface area contributed by atoms with E-state index in [2.05, 4.69) is 5.32 Å². The van der Waals surface area contributed by atoms with E-state index < -0.39 is 0 Å². The maximum atomic E-state index is 12.4. The quantitative estimate of drug-likeness (QED) is 0.822. The molecule has 4 nitrogen and oxygen atoms in total. The van der Waals surface area contributed by atoms with Gasteiger partial charge in [0.05, 0.1) is 11.8 Å². The topological polar surface area (TPSA) is 55.4 Å². The average molecular weight is 257 g/mol. The summed E-state index contributed by atoms with van der Waals surface area (Å²) >= 11 is 0. The predicted octanol–water partition coefficient (Wildman–Crippen LogP) is 1.82. The van der Waals surface area contributed by atoms with E-state index in [1.165, 1.54) is 0 Å². The lowest BCUT2D eigenvalue weighted by molar-refractivity contribution is -0.145. The van der Waals surface area contributed by atoms with Crippen molar-refractivity contribution in [3.05, 3.63) is 30.3 Å². The number of amides is 1. The van der Waals surface area contributed by atoms with Gasteiger partial charge in [0, 0.05) is 11.6 Å². The first-order chi connectivity index (χ1) is 9.24. The van der Waals surface area contributed by atoms with Crippen LogP contribution in [0.4, 0.5) is 5.69 Å². The number of esters is 1. The van der Waals surface area contributed by atoms with Gasteiger partial charge in [0.25, 0.3) is 0 Å². The predicted molar refractivity (Wildman–Crippen MR) is 68.1 cm³/mol. The van der Waals surface area contributed by atoms with Crippen molar-refractivity contribution in [2.24, 2.45) is 23.7 Å². The fraction of sp³-hybridized carbons (Fsp3) is 0.467. The number of hydrogen-bond acceptors (Lipinski definition) is 3. The molecular weight excluding hydrogens is 242 g/mol. The largest absolute Gasteiger partial charge is 0.462 e. The van der Waals surface area contributed by atoms with Gasteiger partial charge in [-0.1, -0.05) is 18.2 Å². The minimum absolute atomic E-state index is 0.0269. The second kappa shape index (κ2) is 3.83. The Morgan fingerprint density at radius 1 is 1.21 bits per heavy atom. The van der Waals surface area contributed by atoms with Gasteiger partial charge in [0.2, 0.25) is 5.91 Å². The molecule has 1 saturated heterocycles. The molecule has 4 rings (SSSR count). The monoisotopic (exact) mass is 257 g/mol. The summed E-state index contributed by atoms with van der Waals surface area (Å²) in [5, 5.41) is 2.93. The van der Waals surface area contributed by atoms with Gasteiger partial charge in [-0.25, -0.2) is 0 Å². The van der Waals surface area contributed by atoms with E-state index in [-0.39, 0.29) is 35.7 Å². The van der Waals surface area contributed by atoms with Crippen LogP contribution in [0.5, 0.6) is 0 Å². The lowest BCUT2D eigenvalue weighted by Crippen LogP contribution is -2.35. The summed E-state index contributed by atoms with van der Waals surface area (Å²) in [7, 11) is 0. The molecule has 3 aliphatic rings. The van der Waals surface area contributed by atoms with E-state index in [9.17, 15) is 9.59 Å². The van der Waals surface area contributed by atoms with Crippen LogP contribution in [0.2, 0.25) is 0 Å². The van der Waals surface area contributed by atoms with E-state index in [0.717, 1.165) is 18.5 Å². The highest BCUT2D eigenvalue weighted by Gasteiger charge is 2.63. The fourth-order valence-electron chi connectivity index (χ4n) is 4.11. The van der Waals surface area contributed by atoms with E-state index in [1.54, 1.807) is 0 Å². The van der Waals surface area contributed by atoms with Crippen LogP contribution in [0.3, 0.4) is 0 Å². The number of benzene rings is 1. The SMILES string of the molecule is O=C(Nc1ccccc1)[C@H]1[C@H]2C[C@@H]3[C@@H]1C(=O)O[C@@H]3C2. The first-order valence-electron chi connectivity index (χ1n) is 6.80. The smallest absolute Gasteiger partial charge is 0.310 e. The van der Waals surface area contributed by atoms with E-state index >= 15 is 0 Å². The highest BCUT2D eigenvalue weighted by Crippen LogP contribution is 2.57. The van der Waals surface area contributed by atoms with E-state index in [0.29, 0.717) is 5.92 Å². The maximum absolute atomic E-state index is 12.4. The summed E-state index contributed by atoms with van der Waals surface area (Å²) in [6.07, 6.45) is 1.91. The number of carbonyl (C=O) groups is 2. The van der Waals surface area contributed by atoms with Crippen molar-refractivity contribution in [1.29, 1.82) is 0 Å². The third-order valence-corrected chi connectivity index (χ3v) is 4.83. The van der Waals surface area contributed by atoms with Gasteiger partial charge < -0.3 is 10.1 Å². The number of anilines is 1. The highest BCUT2D eigenvalue weighted by atomic mass is 16.6. The Kier molecular flexibility index (Phi) is 2.22. The average Bonchev–Trinajstić information content (AvgIpc) is 3.00. The number of ether oxygens (including phenoxy) is 1. The Hall–Kier alpha value is -1.84. The van der Waals surface area contributed by atoms with Gasteiger partial charge in [0.1, 0.15) is 6.10 Å². The Morgan fingerprint density at radius 2 is 2.00 bits per heavy atom. The van der Waals surface area contributed by atoms with Crippen LogP contribution in [0.15, 0.2) is 30.3 Å². The molecule has 1 amide bonds. The van der Waals surface area contributed by atoms with Crippen LogP contribution in [0.25, 0.3) is 0 Å². The van der Waals surface area contributed by atoms with Crippen molar-refractivity contribution in [1.82, 2.24) is 0 Å². The molecule has 1 aromatic carbocycles. The van der Waals surface area contributed by atoms with Crippen LogP contribution in [-0.2, 0) is 14.3 Å². The zero-order chi connectivity index (χ0) is 13.0. The van der Waals surface area contributed by atoms with Gasteiger partial charge in [-0.2, -0.15) is 0 Å². The molecule has 4 heteroatoms. The molecule has 5 atom stereocenters. The number of nitrogens with one attached hydrogen (secondary N) is 1. The molecular formula is C15H15NO3. The third kappa shape index (κ3) is 1.52. The molecule has 0 unspecified atom stereocenters. The summed E-state index contributed by atoms with van der Waals surface area (Å²) in [4.78, 5) is 24.3. The maximum Gasteiger partial charge on any atom is 0.310 e. The first kappa shape index (κ1) is 11.0. The molecule has 2 saturated carbocycles. The van der Waals surface area contributed by atoms with Crippen molar-refractivity contribution >= 4 is 17.6 Å².